The van der Waals surface area contributed by atoms with E-state index in [4.69, 9.17) is 0 Å². The maximum atomic E-state index is 10.2. The van der Waals surface area contributed by atoms with Gasteiger partial charge in [-0.15, -0.1) is 0 Å². The molecule has 86 valence electrons. The van der Waals surface area contributed by atoms with Crippen LogP contribution in [0.4, 0.5) is 0 Å². The fraction of sp³-hybridized carbons (Fsp3) is 1.00. The molecule has 4 nitrogen and oxygen atoms in total. The van der Waals surface area contributed by atoms with Crippen molar-refractivity contribution in [2.45, 2.75) is 39.5 Å². The van der Waals surface area contributed by atoms with Crippen LogP contribution in [-0.2, 0) is 10.1 Å². The van der Waals surface area contributed by atoms with Crippen molar-refractivity contribution in [3.63, 3.8) is 0 Å². The lowest BCUT2D eigenvalue weighted by molar-refractivity contribution is 0.452. The first-order valence-corrected chi connectivity index (χ1v) is 6.67. The van der Waals surface area contributed by atoms with Gasteiger partial charge >= 0.3 is 0 Å². The average Bonchev–Trinajstić information content (AvgIpc) is 2.08. The van der Waals surface area contributed by atoms with Gasteiger partial charge in [0.25, 0.3) is 0 Å². The van der Waals surface area contributed by atoms with E-state index in [1.54, 1.807) is 0 Å². The molecule has 0 bridgehead atoms. The summed E-state index contributed by atoms with van der Waals surface area (Å²) in [4.78, 5) is 0. The van der Waals surface area contributed by atoms with Gasteiger partial charge in [0.1, 0.15) is 10.1 Å². The van der Waals surface area contributed by atoms with Crippen LogP contribution in [0.15, 0.2) is 0 Å². The highest BCUT2D eigenvalue weighted by Gasteiger charge is 1.98. The summed E-state index contributed by atoms with van der Waals surface area (Å²) in [6.45, 7) is 4.97. The Morgan fingerprint density at radius 1 is 1.36 bits per heavy atom. The summed E-state index contributed by atoms with van der Waals surface area (Å²) in [6.07, 6.45) is 4.37. The summed E-state index contributed by atoms with van der Waals surface area (Å²) in [6, 6.07) is 0. The lowest BCUT2D eigenvalue weighted by Crippen LogP contribution is -2.23. The molecule has 0 radical (unpaired) electrons. The van der Waals surface area contributed by atoms with Crippen molar-refractivity contribution >= 4 is 10.1 Å². The molecular formula is C9H20NO3S-. The highest BCUT2D eigenvalue weighted by molar-refractivity contribution is 7.85. The van der Waals surface area contributed by atoms with Gasteiger partial charge in [-0.2, -0.15) is 0 Å². The largest absolute Gasteiger partial charge is 0.747 e. The molecule has 0 saturated heterocycles. The van der Waals surface area contributed by atoms with Crippen molar-refractivity contribution in [3.05, 3.63) is 0 Å². The van der Waals surface area contributed by atoms with E-state index in [1.165, 1.54) is 12.8 Å². The van der Waals surface area contributed by atoms with Crippen LogP contribution >= 0.6 is 0 Å². The fourth-order valence-corrected chi connectivity index (χ4v) is 1.54. The Morgan fingerprint density at radius 3 is 2.50 bits per heavy atom. The minimum Gasteiger partial charge on any atom is -0.747 e. The number of hydrogen-bond donors (Lipinski definition) is 1. The quantitative estimate of drug-likeness (QED) is 0.496. The third kappa shape index (κ3) is 9.95. The summed E-state index contributed by atoms with van der Waals surface area (Å²) in [7, 11) is -4.09. The highest BCUT2D eigenvalue weighted by Crippen LogP contribution is 2.10. The number of rotatable bonds is 8. The SMILES string of the molecule is CCC(C)CCCCNCS(=O)(=O)[O-]. The predicted octanol–water partition coefficient (Wildman–Crippen LogP) is 1.30. The lowest BCUT2D eigenvalue weighted by atomic mass is 10.0. The molecule has 0 aromatic rings. The van der Waals surface area contributed by atoms with Gasteiger partial charge in [0, 0.05) is 0 Å². The summed E-state index contributed by atoms with van der Waals surface area (Å²) in [5.74, 6) is 0.286. The van der Waals surface area contributed by atoms with Gasteiger partial charge in [-0.1, -0.05) is 33.1 Å². The first-order chi connectivity index (χ1) is 6.45. The molecule has 0 saturated carbocycles. The summed E-state index contributed by atoms with van der Waals surface area (Å²) in [5.41, 5.74) is 0. The Kier molecular flexibility index (Phi) is 7.13. The Hall–Kier alpha value is -0.130. The van der Waals surface area contributed by atoms with E-state index in [9.17, 15) is 13.0 Å². The van der Waals surface area contributed by atoms with E-state index >= 15 is 0 Å². The van der Waals surface area contributed by atoms with Gasteiger partial charge in [-0.05, 0) is 18.9 Å². The summed E-state index contributed by atoms with van der Waals surface area (Å²) < 4.78 is 30.6. The molecule has 0 aromatic carbocycles. The van der Waals surface area contributed by atoms with Crippen LogP contribution < -0.4 is 5.32 Å². The molecule has 0 aliphatic carbocycles. The molecule has 0 rings (SSSR count). The molecule has 5 heteroatoms. The van der Waals surface area contributed by atoms with Crippen molar-refractivity contribution in [2.24, 2.45) is 5.92 Å². The van der Waals surface area contributed by atoms with Crippen LogP contribution in [0.5, 0.6) is 0 Å². The Balaban J connectivity index is 3.23. The predicted molar refractivity (Wildman–Crippen MR) is 55.9 cm³/mol. The van der Waals surface area contributed by atoms with Gasteiger partial charge in [-0.3, -0.25) is 0 Å². The second kappa shape index (κ2) is 7.20. The van der Waals surface area contributed by atoms with E-state index in [-0.39, 0.29) is 0 Å². The van der Waals surface area contributed by atoms with Gasteiger partial charge in [0.05, 0.1) is 5.88 Å². The van der Waals surface area contributed by atoms with Crippen LogP contribution in [0.3, 0.4) is 0 Å². The van der Waals surface area contributed by atoms with E-state index in [1.807, 2.05) is 0 Å². The average molecular weight is 222 g/mol. The van der Waals surface area contributed by atoms with Crippen molar-refractivity contribution < 1.29 is 13.0 Å². The van der Waals surface area contributed by atoms with E-state index in [0.717, 1.165) is 18.8 Å². The number of hydrogen-bond acceptors (Lipinski definition) is 4. The molecule has 0 amide bonds. The Bertz CT molecular complexity index is 226. The molecule has 0 heterocycles. The van der Waals surface area contributed by atoms with Gasteiger partial charge in [0.2, 0.25) is 0 Å². The first kappa shape index (κ1) is 13.9. The topological polar surface area (TPSA) is 69.2 Å². The maximum absolute atomic E-state index is 10.2. The molecule has 1 unspecified atom stereocenters. The first-order valence-electron chi connectivity index (χ1n) is 5.10. The normalized spacial score (nSPS) is 14.2. The van der Waals surface area contributed by atoms with Crippen molar-refractivity contribution in [1.29, 1.82) is 0 Å². The Morgan fingerprint density at radius 2 is 2.00 bits per heavy atom. The summed E-state index contributed by atoms with van der Waals surface area (Å²) in [5, 5.41) is 2.62. The van der Waals surface area contributed by atoms with Crippen molar-refractivity contribution in [3.8, 4) is 0 Å². The fourth-order valence-electron chi connectivity index (χ4n) is 1.14. The van der Waals surface area contributed by atoms with E-state index in [0.29, 0.717) is 6.54 Å². The molecule has 0 aromatic heterocycles. The monoisotopic (exact) mass is 222 g/mol. The molecule has 1 N–H and O–H groups in total. The zero-order valence-corrected chi connectivity index (χ0v) is 9.77. The van der Waals surface area contributed by atoms with Crippen molar-refractivity contribution in [1.82, 2.24) is 5.32 Å². The van der Waals surface area contributed by atoms with Gasteiger partial charge < -0.3 is 9.87 Å². The molecule has 14 heavy (non-hydrogen) atoms. The smallest absolute Gasteiger partial charge is 0.108 e. The third-order valence-corrected chi connectivity index (χ3v) is 2.83. The van der Waals surface area contributed by atoms with Crippen LogP contribution in [0.25, 0.3) is 0 Å². The molecule has 0 aliphatic rings. The maximum Gasteiger partial charge on any atom is 0.108 e. The molecule has 1 atom stereocenters. The standard InChI is InChI=1S/C9H21NO3S/c1-3-9(2)6-4-5-7-10-8-14(11,12)13/h9-10H,3-8H2,1-2H3,(H,11,12,13)/p-1. The zero-order chi connectivity index (χ0) is 11.0. The van der Waals surface area contributed by atoms with E-state index in [2.05, 4.69) is 19.2 Å². The number of nitrogens with one attached hydrogen (secondary N) is 1. The minimum atomic E-state index is -4.09. The molecule has 0 spiro atoms. The molecule has 0 fully saturated rings. The van der Waals surface area contributed by atoms with Crippen LogP contribution in [0.1, 0.15) is 39.5 Å². The van der Waals surface area contributed by atoms with Crippen molar-refractivity contribution in [2.75, 3.05) is 12.4 Å². The lowest BCUT2D eigenvalue weighted by Gasteiger charge is -2.09. The van der Waals surface area contributed by atoms with E-state index < -0.39 is 16.0 Å². The second-order valence-electron chi connectivity index (χ2n) is 3.71. The van der Waals surface area contributed by atoms with Crippen LogP contribution in [-0.4, -0.2) is 25.4 Å². The highest BCUT2D eigenvalue weighted by atomic mass is 32.2. The number of unbranched alkanes of at least 4 members (excludes halogenated alkanes) is 1. The second-order valence-corrected chi connectivity index (χ2v) is 5.12. The zero-order valence-electron chi connectivity index (χ0n) is 8.95. The Labute approximate surface area is 86.8 Å². The molecular weight excluding hydrogens is 202 g/mol. The van der Waals surface area contributed by atoms with Gasteiger partial charge in [0.15, 0.2) is 0 Å². The minimum absolute atomic E-state index is 0.448. The third-order valence-electron chi connectivity index (χ3n) is 2.28. The van der Waals surface area contributed by atoms with Crippen LogP contribution in [0.2, 0.25) is 0 Å². The summed E-state index contributed by atoms with van der Waals surface area (Å²) >= 11 is 0. The van der Waals surface area contributed by atoms with Gasteiger partial charge in [-0.25, -0.2) is 8.42 Å². The van der Waals surface area contributed by atoms with Crippen LogP contribution in [0, 0.1) is 5.92 Å². The molecule has 0 aliphatic heterocycles.